The van der Waals surface area contributed by atoms with Crippen molar-refractivity contribution in [3.8, 4) is 0 Å². The summed E-state index contributed by atoms with van der Waals surface area (Å²) < 4.78 is 22.1. The molecule has 1 aliphatic rings. The Kier molecular flexibility index (Phi) is 2.51. The summed E-state index contributed by atoms with van der Waals surface area (Å²) in [7, 11) is 1.66. The van der Waals surface area contributed by atoms with Gasteiger partial charge >= 0.3 is 0 Å². The zero-order valence-corrected chi connectivity index (χ0v) is 9.03. The lowest BCUT2D eigenvalue weighted by Crippen LogP contribution is -2.23. The van der Waals surface area contributed by atoms with Gasteiger partial charge in [-0.1, -0.05) is 6.07 Å². The minimum absolute atomic E-state index is 0.182. The molecular formula is C9H10ClNO2S. The van der Waals surface area contributed by atoms with Crippen LogP contribution in [0.4, 0.5) is 0 Å². The fourth-order valence-electron chi connectivity index (χ4n) is 1.61. The van der Waals surface area contributed by atoms with Gasteiger partial charge in [-0.3, -0.25) is 0 Å². The van der Waals surface area contributed by atoms with Crippen LogP contribution in [0.3, 0.4) is 0 Å². The highest BCUT2D eigenvalue weighted by Crippen LogP contribution is 2.21. The fourth-order valence-corrected chi connectivity index (χ4v) is 2.41. The second-order valence-electron chi connectivity index (χ2n) is 3.30. The van der Waals surface area contributed by atoms with E-state index >= 15 is 0 Å². The highest BCUT2D eigenvalue weighted by molar-refractivity contribution is 8.13. The first-order valence-electron chi connectivity index (χ1n) is 4.34. The molecule has 0 saturated carbocycles. The Hall–Kier alpha value is -0.580. The van der Waals surface area contributed by atoms with Gasteiger partial charge in [-0.15, -0.1) is 0 Å². The van der Waals surface area contributed by atoms with E-state index in [1.807, 2.05) is 6.07 Å². The predicted molar refractivity (Wildman–Crippen MR) is 54.9 cm³/mol. The van der Waals surface area contributed by atoms with Crippen molar-refractivity contribution >= 4 is 19.7 Å². The normalized spacial score (nSPS) is 16.4. The fraction of sp³-hybridized carbons (Fsp3) is 0.333. The third-order valence-electron chi connectivity index (χ3n) is 2.35. The van der Waals surface area contributed by atoms with Crippen LogP contribution in [-0.2, 0) is 22.0 Å². The molecule has 0 aliphatic carbocycles. The zero-order chi connectivity index (χ0) is 10.2. The number of benzene rings is 1. The predicted octanol–water partition coefficient (Wildman–Crippen LogP) is 1.26. The summed E-state index contributed by atoms with van der Waals surface area (Å²) in [4.78, 5) is 0.182. The van der Waals surface area contributed by atoms with Crippen LogP contribution in [0.5, 0.6) is 0 Å². The summed E-state index contributed by atoms with van der Waals surface area (Å²) in [6.45, 7) is 1.66. The van der Waals surface area contributed by atoms with Crippen LogP contribution < -0.4 is 5.32 Å². The topological polar surface area (TPSA) is 46.2 Å². The van der Waals surface area contributed by atoms with Crippen LogP contribution in [0, 0.1) is 0 Å². The van der Waals surface area contributed by atoms with Crippen molar-refractivity contribution in [2.75, 3.05) is 6.54 Å². The van der Waals surface area contributed by atoms with E-state index < -0.39 is 9.05 Å². The molecule has 1 aromatic carbocycles. The van der Waals surface area contributed by atoms with Crippen molar-refractivity contribution in [1.82, 2.24) is 5.32 Å². The molecule has 0 unspecified atom stereocenters. The number of fused-ring (bicyclic) bond motifs is 1. The Morgan fingerprint density at radius 3 is 2.79 bits per heavy atom. The standard InChI is InChI=1S/C9H10ClNO2S/c10-14(12,13)9-2-1-7-3-4-11-6-8(7)5-9/h1-2,5,11H,3-4,6H2. The van der Waals surface area contributed by atoms with Crippen LogP contribution in [-0.4, -0.2) is 15.0 Å². The molecule has 1 heterocycles. The Labute approximate surface area is 87.5 Å². The van der Waals surface area contributed by atoms with Gasteiger partial charge in [0.15, 0.2) is 0 Å². The third kappa shape index (κ3) is 1.92. The minimum atomic E-state index is -3.59. The van der Waals surface area contributed by atoms with E-state index in [2.05, 4.69) is 5.32 Å². The zero-order valence-electron chi connectivity index (χ0n) is 7.46. The van der Waals surface area contributed by atoms with Crippen LogP contribution >= 0.6 is 10.7 Å². The van der Waals surface area contributed by atoms with E-state index in [4.69, 9.17) is 10.7 Å². The molecule has 0 radical (unpaired) electrons. The maximum atomic E-state index is 11.1. The molecule has 0 atom stereocenters. The molecule has 0 amide bonds. The molecule has 5 heteroatoms. The highest BCUT2D eigenvalue weighted by Gasteiger charge is 2.14. The number of rotatable bonds is 1. The van der Waals surface area contributed by atoms with Crippen molar-refractivity contribution in [1.29, 1.82) is 0 Å². The second-order valence-corrected chi connectivity index (χ2v) is 5.86. The van der Waals surface area contributed by atoms with Gasteiger partial charge < -0.3 is 5.32 Å². The summed E-state index contributed by atoms with van der Waals surface area (Å²) in [5.74, 6) is 0. The van der Waals surface area contributed by atoms with Gasteiger partial charge in [-0.05, 0) is 36.2 Å². The molecule has 1 aromatic rings. The van der Waals surface area contributed by atoms with Gasteiger partial charge in [0.2, 0.25) is 0 Å². The molecule has 1 N–H and O–H groups in total. The minimum Gasteiger partial charge on any atom is -0.312 e. The molecule has 0 aromatic heterocycles. The van der Waals surface area contributed by atoms with E-state index in [-0.39, 0.29) is 4.90 Å². The summed E-state index contributed by atoms with van der Waals surface area (Å²) >= 11 is 0. The van der Waals surface area contributed by atoms with E-state index in [9.17, 15) is 8.42 Å². The second kappa shape index (κ2) is 3.53. The smallest absolute Gasteiger partial charge is 0.261 e. The molecule has 76 valence electrons. The summed E-state index contributed by atoms with van der Waals surface area (Å²) in [6.07, 6.45) is 0.942. The average Bonchev–Trinajstić information content (AvgIpc) is 2.16. The van der Waals surface area contributed by atoms with E-state index in [1.54, 1.807) is 12.1 Å². The van der Waals surface area contributed by atoms with E-state index in [1.165, 1.54) is 5.56 Å². The largest absolute Gasteiger partial charge is 0.312 e. The Morgan fingerprint density at radius 1 is 1.29 bits per heavy atom. The number of nitrogens with one attached hydrogen (secondary N) is 1. The van der Waals surface area contributed by atoms with Crippen molar-refractivity contribution in [2.45, 2.75) is 17.9 Å². The lowest BCUT2D eigenvalue weighted by atomic mass is 10.0. The summed E-state index contributed by atoms with van der Waals surface area (Å²) in [5, 5.41) is 3.18. The first kappa shape index (κ1) is 9.96. The lowest BCUT2D eigenvalue weighted by Gasteiger charge is -2.17. The highest BCUT2D eigenvalue weighted by atomic mass is 35.7. The van der Waals surface area contributed by atoms with E-state index in [0.717, 1.165) is 25.1 Å². The van der Waals surface area contributed by atoms with Gasteiger partial charge in [0, 0.05) is 17.2 Å². The third-order valence-corrected chi connectivity index (χ3v) is 3.70. The molecule has 2 rings (SSSR count). The molecule has 0 spiro atoms. The SMILES string of the molecule is O=S(=O)(Cl)c1ccc2c(c1)CNCC2. The first-order valence-corrected chi connectivity index (χ1v) is 6.65. The first-order chi connectivity index (χ1) is 6.57. The van der Waals surface area contributed by atoms with Crippen LogP contribution in [0.15, 0.2) is 23.1 Å². The van der Waals surface area contributed by atoms with Gasteiger partial charge in [0.05, 0.1) is 4.90 Å². The average molecular weight is 232 g/mol. The Balaban J connectivity index is 2.49. The van der Waals surface area contributed by atoms with Crippen molar-refractivity contribution in [3.63, 3.8) is 0 Å². The number of hydrogen-bond acceptors (Lipinski definition) is 3. The summed E-state index contributed by atoms with van der Waals surface area (Å²) in [6, 6.07) is 5.04. The molecular weight excluding hydrogens is 222 g/mol. The molecule has 0 saturated heterocycles. The lowest BCUT2D eigenvalue weighted by molar-refractivity contribution is 0.608. The van der Waals surface area contributed by atoms with Gasteiger partial charge in [-0.25, -0.2) is 8.42 Å². The van der Waals surface area contributed by atoms with Crippen LogP contribution in [0.2, 0.25) is 0 Å². The van der Waals surface area contributed by atoms with Crippen LogP contribution in [0.25, 0.3) is 0 Å². The molecule has 3 nitrogen and oxygen atoms in total. The van der Waals surface area contributed by atoms with Gasteiger partial charge in [-0.2, -0.15) is 0 Å². The molecule has 14 heavy (non-hydrogen) atoms. The van der Waals surface area contributed by atoms with Crippen molar-refractivity contribution in [3.05, 3.63) is 29.3 Å². The number of hydrogen-bond donors (Lipinski definition) is 1. The Bertz CT molecular complexity index is 456. The molecule has 0 fully saturated rings. The maximum absolute atomic E-state index is 11.1. The van der Waals surface area contributed by atoms with Crippen molar-refractivity contribution < 1.29 is 8.42 Å². The van der Waals surface area contributed by atoms with Gasteiger partial charge in [0.1, 0.15) is 0 Å². The molecule has 0 bridgehead atoms. The quantitative estimate of drug-likeness (QED) is 0.741. The maximum Gasteiger partial charge on any atom is 0.261 e. The van der Waals surface area contributed by atoms with Gasteiger partial charge in [0.25, 0.3) is 9.05 Å². The Morgan fingerprint density at radius 2 is 2.07 bits per heavy atom. The molecule has 1 aliphatic heterocycles. The summed E-state index contributed by atoms with van der Waals surface area (Å²) in [5.41, 5.74) is 2.23. The monoisotopic (exact) mass is 231 g/mol. The van der Waals surface area contributed by atoms with E-state index in [0.29, 0.717) is 0 Å². The van der Waals surface area contributed by atoms with Crippen molar-refractivity contribution in [2.24, 2.45) is 0 Å². The van der Waals surface area contributed by atoms with Crippen LogP contribution in [0.1, 0.15) is 11.1 Å². The number of halogens is 1.